The summed E-state index contributed by atoms with van der Waals surface area (Å²) in [6.07, 6.45) is 4.61. The quantitative estimate of drug-likeness (QED) is 0.427. The van der Waals surface area contributed by atoms with Crippen LogP contribution in [0.25, 0.3) is 0 Å². The molecule has 3 atom stereocenters. The smallest absolute Gasteiger partial charge is 0.328 e. The fraction of sp³-hybridized carbons (Fsp3) is 0.750. The Kier molecular flexibility index (Phi) is 2.59. The zero-order valence-corrected chi connectivity index (χ0v) is 10.1. The molecule has 1 unspecified atom stereocenters. The van der Waals surface area contributed by atoms with Crippen LogP contribution in [-0.4, -0.2) is 46.3 Å². The number of carbonyl (C=O) groups is 1. The number of hydrogen-bond donors (Lipinski definition) is 1. The van der Waals surface area contributed by atoms with E-state index in [1.807, 2.05) is 37.8 Å². The van der Waals surface area contributed by atoms with Gasteiger partial charge in [-0.3, -0.25) is 4.90 Å². The normalized spacial score (nSPS) is 36.8. The van der Waals surface area contributed by atoms with Crippen LogP contribution in [0.1, 0.15) is 27.2 Å². The summed E-state index contributed by atoms with van der Waals surface area (Å²) in [4.78, 5) is 14.1. The minimum atomic E-state index is -0.491. The van der Waals surface area contributed by atoms with E-state index in [0.29, 0.717) is 13.0 Å². The molecule has 2 aliphatic rings. The Morgan fingerprint density at radius 2 is 2.31 bits per heavy atom. The SMILES string of the molecule is CC(C)(C)OC(=O)[C@@]12CC=C[C@H](CO)N1C2. The van der Waals surface area contributed by atoms with Gasteiger partial charge < -0.3 is 9.84 Å². The molecule has 1 N–H and O–H groups in total. The standard InChI is InChI=1S/C12H19NO3/c1-11(2,3)16-10(15)12-6-4-5-9(7-14)13(12)8-12/h4-5,9,14H,6-8H2,1-3H3/t9-,12+,13?/m1/s1. The van der Waals surface area contributed by atoms with Crippen molar-refractivity contribution in [1.82, 2.24) is 4.90 Å². The first-order valence-corrected chi connectivity index (χ1v) is 5.67. The van der Waals surface area contributed by atoms with E-state index in [-0.39, 0.29) is 18.6 Å². The summed E-state index contributed by atoms with van der Waals surface area (Å²) in [5, 5.41) is 9.17. The van der Waals surface area contributed by atoms with Gasteiger partial charge in [-0.25, -0.2) is 4.79 Å². The van der Waals surface area contributed by atoms with Crippen molar-refractivity contribution >= 4 is 5.97 Å². The van der Waals surface area contributed by atoms with E-state index in [9.17, 15) is 9.90 Å². The molecule has 2 heterocycles. The van der Waals surface area contributed by atoms with Gasteiger partial charge in [0.2, 0.25) is 0 Å². The summed E-state index contributed by atoms with van der Waals surface area (Å²) in [6.45, 7) is 6.37. The first-order chi connectivity index (χ1) is 7.39. The second kappa shape index (κ2) is 3.57. The first-order valence-electron chi connectivity index (χ1n) is 5.67. The fourth-order valence-electron chi connectivity index (χ4n) is 2.18. The highest BCUT2D eigenvalue weighted by molar-refractivity contribution is 5.86. The lowest BCUT2D eigenvalue weighted by molar-refractivity contribution is -0.159. The van der Waals surface area contributed by atoms with Gasteiger partial charge in [-0.2, -0.15) is 0 Å². The fourth-order valence-corrected chi connectivity index (χ4v) is 2.18. The van der Waals surface area contributed by atoms with Gasteiger partial charge in [0.05, 0.1) is 12.6 Å². The zero-order chi connectivity index (χ0) is 12.0. The summed E-state index contributed by atoms with van der Waals surface area (Å²) in [5.74, 6) is -0.164. The van der Waals surface area contributed by atoms with Gasteiger partial charge >= 0.3 is 5.97 Å². The summed E-state index contributed by atoms with van der Waals surface area (Å²) in [5.41, 5.74) is -0.939. The lowest BCUT2D eigenvalue weighted by Gasteiger charge is -2.27. The minimum Gasteiger partial charge on any atom is -0.459 e. The van der Waals surface area contributed by atoms with Crippen LogP contribution in [0, 0.1) is 0 Å². The molecule has 4 nitrogen and oxygen atoms in total. The molecule has 16 heavy (non-hydrogen) atoms. The Hall–Kier alpha value is -0.870. The number of carbonyl (C=O) groups excluding carboxylic acids is 1. The summed E-state index contributed by atoms with van der Waals surface area (Å²) in [7, 11) is 0. The van der Waals surface area contributed by atoms with Crippen LogP contribution >= 0.6 is 0 Å². The van der Waals surface area contributed by atoms with Crippen LogP contribution < -0.4 is 0 Å². The van der Waals surface area contributed by atoms with Crippen LogP contribution in [0.5, 0.6) is 0 Å². The van der Waals surface area contributed by atoms with Crippen molar-refractivity contribution in [3.8, 4) is 0 Å². The van der Waals surface area contributed by atoms with E-state index in [1.165, 1.54) is 0 Å². The third-order valence-corrected chi connectivity index (χ3v) is 3.06. The maximum atomic E-state index is 12.1. The molecule has 2 rings (SSSR count). The Bertz CT molecular complexity index is 332. The van der Waals surface area contributed by atoms with Gasteiger partial charge in [0, 0.05) is 6.54 Å². The van der Waals surface area contributed by atoms with Crippen LogP contribution in [-0.2, 0) is 9.53 Å². The van der Waals surface area contributed by atoms with E-state index in [0.717, 1.165) is 0 Å². The molecule has 0 amide bonds. The van der Waals surface area contributed by atoms with E-state index < -0.39 is 11.1 Å². The maximum absolute atomic E-state index is 12.1. The average molecular weight is 225 g/mol. The molecule has 0 aliphatic carbocycles. The predicted octanol–water partition coefficient (Wildman–Crippen LogP) is 0.703. The lowest BCUT2D eigenvalue weighted by Crippen LogP contribution is -2.41. The van der Waals surface area contributed by atoms with Crippen molar-refractivity contribution in [2.24, 2.45) is 0 Å². The Labute approximate surface area is 95.9 Å². The van der Waals surface area contributed by atoms with Crippen molar-refractivity contribution in [2.45, 2.75) is 44.4 Å². The Balaban J connectivity index is 2.07. The van der Waals surface area contributed by atoms with Gasteiger partial charge in [-0.1, -0.05) is 12.2 Å². The molecule has 4 heteroatoms. The third-order valence-electron chi connectivity index (χ3n) is 3.06. The number of nitrogens with zero attached hydrogens (tertiary/aromatic N) is 1. The van der Waals surface area contributed by atoms with E-state index in [4.69, 9.17) is 4.74 Å². The number of fused-ring (bicyclic) bond motifs is 1. The van der Waals surface area contributed by atoms with Crippen molar-refractivity contribution in [3.63, 3.8) is 0 Å². The number of aliphatic hydroxyl groups excluding tert-OH is 1. The topological polar surface area (TPSA) is 49.5 Å². The highest BCUT2D eigenvalue weighted by Crippen LogP contribution is 2.43. The number of rotatable bonds is 2. The number of esters is 1. The minimum absolute atomic E-state index is 0.0266. The lowest BCUT2D eigenvalue weighted by atomic mass is 10.0. The van der Waals surface area contributed by atoms with Gasteiger partial charge in [-0.15, -0.1) is 0 Å². The molecule has 0 spiro atoms. The van der Waals surface area contributed by atoms with Gasteiger partial charge in [0.25, 0.3) is 0 Å². The number of hydrogen-bond acceptors (Lipinski definition) is 4. The van der Waals surface area contributed by atoms with E-state index >= 15 is 0 Å². The van der Waals surface area contributed by atoms with Gasteiger partial charge in [-0.05, 0) is 27.2 Å². The number of aliphatic hydroxyl groups is 1. The second-order valence-corrected chi connectivity index (χ2v) is 5.54. The monoisotopic (exact) mass is 225 g/mol. The molecule has 0 bridgehead atoms. The second-order valence-electron chi connectivity index (χ2n) is 5.54. The summed E-state index contributed by atoms with van der Waals surface area (Å²) >= 11 is 0. The molecular weight excluding hydrogens is 206 g/mol. The molecule has 0 aromatic heterocycles. The van der Waals surface area contributed by atoms with E-state index in [2.05, 4.69) is 0 Å². The third kappa shape index (κ3) is 1.87. The summed E-state index contributed by atoms with van der Waals surface area (Å²) < 4.78 is 5.42. The highest BCUT2D eigenvalue weighted by Gasteiger charge is 2.62. The average Bonchev–Trinajstić information content (AvgIpc) is 2.90. The maximum Gasteiger partial charge on any atom is 0.328 e. The van der Waals surface area contributed by atoms with Crippen LogP contribution in [0.4, 0.5) is 0 Å². The van der Waals surface area contributed by atoms with Crippen molar-refractivity contribution < 1.29 is 14.6 Å². The van der Waals surface area contributed by atoms with Crippen LogP contribution in [0.15, 0.2) is 12.2 Å². The molecule has 1 saturated heterocycles. The molecule has 90 valence electrons. The van der Waals surface area contributed by atoms with Crippen molar-refractivity contribution in [2.75, 3.05) is 13.2 Å². The molecule has 0 saturated carbocycles. The summed E-state index contributed by atoms with van der Waals surface area (Å²) in [6, 6.07) is -0.0266. The molecular formula is C12H19NO3. The van der Waals surface area contributed by atoms with Crippen molar-refractivity contribution in [3.05, 3.63) is 12.2 Å². The first kappa shape index (κ1) is 11.6. The molecule has 2 aliphatic heterocycles. The largest absolute Gasteiger partial charge is 0.459 e. The zero-order valence-electron chi connectivity index (χ0n) is 10.1. The van der Waals surface area contributed by atoms with Crippen LogP contribution in [0.3, 0.4) is 0 Å². The van der Waals surface area contributed by atoms with E-state index in [1.54, 1.807) is 0 Å². The van der Waals surface area contributed by atoms with Gasteiger partial charge in [0.15, 0.2) is 0 Å². The van der Waals surface area contributed by atoms with Crippen LogP contribution in [0.2, 0.25) is 0 Å². The molecule has 1 fully saturated rings. The molecule has 0 aromatic carbocycles. The Morgan fingerprint density at radius 3 is 2.88 bits per heavy atom. The molecule has 0 radical (unpaired) electrons. The molecule has 0 aromatic rings. The highest BCUT2D eigenvalue weighted by atomic mass is 16.6. The van der Waals surface area contributed by atoms with Gasteiger partial charge in [0.1, 0.15) is 11.1 Å². The van der Waals surface area contributed by atoms with Crippen molar-refractivity contribution in [1.29, 1.82) is 0 Å². The predicted molar refractivity (Wildman–Crippen MR) is 59.9 cm³/mol. The Morgan fingerprint density at radius 1 is 1.62 bits per heavy atom. The number of ether oxygens (including phenoxy) is 1.